The van der Waals surface area contributed by atoms with Crippen molar-refractivity contribution >= 4 is 11.7 Å². The van der Waals surface area contributed by atoms with Crippen LogP contribution in [0.5, 0.6) is 0 Å². The first-order chi connectivity index (χ1) is 13.0. The van der Waals surface area contributed by atoms with Gasteiger partial charge in [-0.3, -0.25) is 0 Å². The minimum atomic E-state index is -4.76. The number of amides is 2. The third-order valence-electron chi connectivity index (χ3n) is 4.18. The van der Waals surface area contributed by atoms with Crippen molar-refractivity contribution in [3.63, 3.8) is 0 Å². The van der Waals surface area contributed by atoms with E-state index in [1.807, 2.05) is 0 Å². The van der Waals surface area contributed by atoms with Crippen LogP contribution in [-0.2, 0) is 12.4 Å². The fourth-order valence-electron chi connectivity index (χ4n) is 2.85. The highest BCUT2D eigenvalue weighted by atomic mass is 19.4. The molecule has 1 aliphatic heterocycles. The summed E-state index contributed by atoms with van der Waals surface area (Å²) < 4.78 is 80.7. The number of halogens is 6. The molecule has 152 valence electrons. The molecule has 2 amide bonds. The quantitative estimate of drug-likeness (QED) is 0.742. The van der Waals surface area contributed by atoms with Gasteiger partial charge in [-0.15, -0.1) is 10.2 Å². The van der Waals surface area contributed by atoms with Gasteiger partial charge in [0.25, 0.3) is 0 Å². The average molecular weight is 408 g/mol. The second kappa shape index (κ2) is 7.32. The van der Waals surface area contributed by atoms with Crippen LogP contribution in [0.15, 0.2) is 28.7 Å². The molecule has 1 atom stereocenters. The smallest absolute Gasteiger partial charge is 0.417 e. The Bertz CT molecular complexity index is 848. The van der Waals surface area contributed by atoms with Crippen LogP contribution in [0.3, 0.4) is 0 Å². The molecule has 1 unspecified atom stereocenters. The largest absolute Gasteiger partial charge is 0.470 e. The van der Waals surface area contributed by atoms with E-state index in [0.29, 0.717) is 19.4 Å². The third-order valence-corrected chi connectivity index (χ3v) is 4.18. The van der Waals surface area contributed by atoms with E-state index in [4.69, 9.17) is 0 Å². The van der Waals surface area contributed by atoms with Crippen molar-refractivity contribution in [1.29, 1.82) is 0 Å². The first-order valence-corrected chi connectivity index (χ1v) is 8.18. The summed E-state index contributed by atoms with van der Waals surface area (Å²) >= 11 is 0. The van der Waals surface area contributed by atoms with Gasteiger partial charge in [0.1, 0.15) is 0 Å². The van der Waals surface area contributed by atoms with E-state index in [0.717, 1.165) is 18.2 Å². The van der Waals surface area contributed by atoms with E-state index in [9.17, 15) is 31.1 Å². The van der Waals surface area contributed by atoms with Crippen molar-refractivity contribution in [2.75, 3.05) is 18.4 Å². The Hall–Kier alpha value is -2.79. The van der Waals surface area contributed by atoms with Crippen molar-refractivity contribution < 1.29 is 35.6 Å². The van der Waals surface area contributed by atoms with E-state index in [1.165, 1.54) is 11.0 Å². The van der Waals surface area contributed by atoms with Crippen molar-refractivity contribution in [3.8, 4) is 0 Å². The van der Waals surface area contributed by atoms with Gasteiger partial charge in [-0.1, -0.05) is 6.07 Å². The minimum absolute atomic E-state index is 0.00425. The molecular weight excluding hydrogens is 394 g/mol. The van der Waals surface area contributed by atoms with Crippen molar-refractivity contribution in [2.24, 2.45) is 0 Å². The van der Waals surface area contributed by atoms with E-state index in [2.05, 4.69) is 19.9 Å². The Morgan fingerprint density at radius 2 is 1.89 bits per heavy atom. The number of nitrogens with one attached hydrogen (secondary N) is 1. The molecule has 12 heteroatoms. The summed E-state index contributed by atoms with van der Waals surface area (Å²) in [5.41, 5.74) is -0.952. The van der Waals surface area contributed by atoms with Gasteiger partial charge in [0, 0.05) is 18.8 Å². The predicted molar refractivity (Wildman–Crippen MR) is 83.3 cm³/mol. The number of anilines is 1. The molecule has 6 nitrogen and oxygen atoms in total. The molecule has 0 spiro atoms. The van der Waals surface area contributed by atoms with E-state index in [-0.39, 0.29) is 18.1 Å². The second-order valence-corrected chi connectivity index (χ2v) is 6.24. The SMILES string of the molecule is O=C(Nc1cccc(C(F)(F)F)c1)N1CCCC(c2nnc(C(F)(F)F)o2)C1. The fourth-order valence-corrected chi connectivity index (χ4v) is 2.85. The molecule has 28 heavy (non-hydrogen) atoms. The van der Waals surface area contributed by atoms with Gasteiger partial charge >= 0.3 is 24.3 Å². The van der Waals surface area contributed by atoms with Crippen LogP contribution in [0, 0.1) is 0 Å². The Kier molecular flexibility index (Phi) is 5.22. The molecule has 2 heterocycles. The Morgan fingerprint density at radius 1 is 1.14 bits per heavy atom. The number of likely N-dealkylation sites (tertiary alicyclic amines) is 1. The summed E-state index contributed by atoms with van der Waals surface area (Å²) in [6.45, 7) is 0.297. The highest BCUT2D eigenvalue weighted by molar-refractivity contribution is 5.89. The predicted octanol–water partition coefficient (Wildman–Crippen LogP) is 4.52. The Labute approximate surface area is 154 Å². The zero-order valence-electron chi connectivity index (χ0n) is 14.1. The number of benzene rings is 1. The zero-order chi connectivity index (χ0) is 20.5. The number of carbonyl (C=O) groups is 1. The van der Waals surface area contributed by atoms with Crippen LogP contribution in [0.2, 0.25) is 0 Å². The molecule has 2 aromatic rings. The molecule has 1 aliphatic rings. The van der Waals surface area contributed by atoms with Gasteiger partial charge in [-0.25, -0.2) is 4.79 Å². The van der Waals surface area contributed by atoms with Crippen molar-refractivity contribution in [1.82, 2.24) is 15.1 Å². The number of nitrogens with zero attached hydrogens (tertiary/aromatic N) is 3. The number of alkyl halides is 6. The standard InChI is InChI=1S/C16H14F6N4O2/c17-15(18,19)10-4-1-5-11(7-10)23-14(27)26-6-2-3-9(8-26)12-24-25-13(28-12)16(20,21)22/h1,4-5,7,9H,2-3,6,8H2,(H,23,27). The van der Waals surface area contributed by atoms with Crippen LogP contribution in [-0.4, -0.2) is 34.2 Å². The lowest BCUT2D eigenvalue weighted by Gasteiger charge is -2.31. The molecule has 1 saturated heterocycles. The summed E-state index contributed by atoms with van der Waals surface area (Å²) in [6.07, 6.45) is -8.41. The molecule has 0 radical (unpaired) electrons. The lowest BCUT2D eigenvalue weighted by molar-refractivity contribution is -0.157. The number of carbonyl (C=O) groups excluding carboxylic acids is 1. The third kappa shape index (κ3) is 4.54. The van der Waals surface area contributed by atoms with Crippen LogP contribution < -0.4 is 5.32 Å². The maximum absolute atomic E-state index is 12.8. The number of urea groups is 1. The zero-order valence-corrected chi connectivity index (χ0v) is 14.1. The van der Waals surface area contributed by atoms with Crippen molar-refractivity contribution in [2.45, 2.75) is 31.1 Å². The maximum Gasteiger partial charge on any atom is 0.470 e. The summed E-state index contributed by atoms with van der Waals surface area (Å²) in [6, 6.07) is 3.48. The summed E-state index contributed by atoms with van der Waals surface area (Å²) in [7, 11) is 0. The molecule has 1 aromatic carbocycles. The van der Waals surface area contributed by atoms with Crippen LogP contribution in [0.25, 0.3) is 0 Å². The molecule has 0 bridgehead atoms. The second-order valence-electron chi connectivity index (χ2n) is 6.24. The first kappa shape index (κ1) is 20.0. The van der Waals surface area contributed by atoms with Gasteiger partial charge < -0.3 is 14.6 Å². The molecule has 0 aliphatic carbocycles. The Morgan fingerprint density at radius 3 is 2.54 bits per heavy atom. The topological polar surface area (TPSA) is 71.3 Å². The minimum Gasteiger partial charge on any atom is -0.417 e. The summed E-state index contributed by atoms with van der Waals surface area (Å²) in [5.74, 6) is -2.29. The normalized spacial score (nSPS) is 18.2. The van der Waals surface area contributed by atoms with E-state index < -0.39 is 35.8 Å². The first-order valence-electron chi connectivity index (χ1n) is 8.18. The van der Waals surface area contributed by atoms with Gasteiger partial charge in [-0.2, -0.15) is 26.3 Å². The molecule has 1 aromatic heterocycles. The Balaban J connectivity index is 1.67. The molecule has 1 fully saturated rings. The van der Waals surface area contributed by atoms with Gasteiger partial charge in [-0.05, 0) is 31.0 Å². The average Bonchev–Trinajstić information content (AvgIpc) is 3.12. The number of hydrogen-bond donors (Lipinski definition) is 1. The van der Waals surface area contributed by atoms with Crippen molar-refractivity contribution in [3.05, 3.63) is 41.6 Å². The highest BCUT2D eigenvalue weighted by Crippen LogP contribution is 2.33. The maximum atomic E-state index is 12.8. The molecule has 1 N–H and O–H groups in total. The summed E-state index contributed by atoms with van der Waals surface area (Å²) in [5, 5.41) is 8.73. The lowest BCUT2D eigenvalue weighted by atomic mass is 9.98. The van der Waals surface area contributed by atoms with Gasteiger partial charge in [0.2, 0.25) is 5.89 Å². The fraction of sp³-hybridized carbons (Fsp3) is 0.438. The van der Waals surface area contributed by atoms with Crippen LogP contribution in [0.4, 0.5) is 36.8 Å². The number of piperidine rings is 1. The van der Waals surface area contributed by atoms with Crippen LogP contribution >= 0.6 is 0 Å². The summed E-state index contributed by atoms with van der Waals surface area (Å²) in [4.78, 5) is 13.6. The lowest BCUT2D eigenvalue weighted by Crippen LogP contribution is -2.41. The number of rotatable bonds is 2. The molecular formula is C16H14F6N4O2. The number of hydrogen-bond acceptors (Lipinski definition) is 4. The monoisotopic (exact) mass is 408 g/mol. The molecule has 3 rings (SSSR count). The van der Waals surface area contributed by atoms with Crippen LogP contribution in [0.1, 0.15) is 36.1 Å². The van der Waals surface area contributed by atoms with E-state index in [1.54, 1.807) is 0 Å². The molecule has 0 saturated carbocycles. The van der Waals surface area contributed by atoms with Gasteiger partial charge in [0.15, 0.2) is 0 Å². The van der Waals surface area contributed by atoms with Gasteiger partial charge in [0.05, 0.1) is 11.5 Å². The highest BCUT2D eigenvalue weighted by Gasteiger charge is 2.39. The van der Waals surface area contributed by atoms with E-state index >= 15 is 0 Å². The number of aromatic nitrogens is 2.